The molecule has 1 aromatic rings. The standard InChI is InChI=1S/C10H9F3O3/c1-16-10(15)8(14)5-2-3-6(9(12)13)7(11)4-5/h2-4,8-9,14H,1H3. The lowest BCUT2D eigenvalue weighted by Gasteiger charge is -2.10. The zero-order chi connectivity index (χ0) is 12.3. The van der Waals surface area contributed by atoms with Crippen molar-refractivity contribution in [1.82, 2.24) is 0 Å². The van der Waals surface area contributed by atoms with E-state index in [0.29, 0.717) is 6.07 Å². The maximum Gasteiger partial charge on any atom is 0.339 e. The minimum Gasteiger partial charge on any atom is -0.467 e. The van der Waals surface area contributed by atoms with Crippen molar-refractivity contribution in [2.75, 3.05) is 7.11 Å². The van der Waals surface area contributed by atoms with Gasteiger partial charge in [-0.15, -0.1) is 0 Å². The Morgan fingerprint density at radius 2 is 2.06 bits per heavy atom. The number of carbonyl (C=O) groups is 1. The summed E-state index contributed by atoms with van der Waals surface area (Å²) in [5.74, 6) is -2.15. The highest BCUT2D eigenvalue weighted by atomic mass is 19.3. The van der Waals surface area contributed by atoms with E-state index in [1.807, 2.05) is 0 Å². The SMILES string of the molecule is COC(=O)C(O)c1ccc(C(F)F)c(F)c1. The summed E-state index contributed by atoms with van der Waals surface area (Å²) in [4.78, 5) is 10.9. The Bertz CT molecular complexity index is 393. The number of esters is 1. The fourth-order valence-corrected chi connectivity index (χ4v) is 1.14. The van der Waals surface area contributed by atoms with Crippen LogP contribution < -0.4 is 0 Å². The van der Waals surface area contributed by atoms with Crippen LogP contribution in [0.2, 0.25) is 0 Å². The molecular formula is C10H9F3O3. The van der Waals surface area contributed by atoms with Crippen molar-refractivity contribution in [2.24, 2.45) is 0 Å². The molecule has 1 rings (SSSR count). The van der Waals surface area contributed by atoms with Crippen LogP contribution in [0.1, 0.15) is 23.7 Å². The highest BCUT2D eigenvalue weighted by molar-refractivity contribution is 5.76. The number of halogens is 3. The fraction of sp³-hybridized carbons (Fsp3) is 0.300. The second-order valence-electron chi connectivity index (χ2n) is 3.01. The van der Waals surface area contributed by atoms with E-state index in [1.165, 1.54) is 0 Å². The lowest BCUT2D eigenvalue weighted by atomic mass is 10.1. The van der Waals surface area contributed by atoms with Crippen LogP contribution >= 0.6 is 0 Å². The van der Waals surface area contributed by atoms with Gasteiger partial charge in [0, 0.05) is 0 Å². The van der Waals surface area contributed by atoms with E-state index in [4.69, 9.17) is 0 Å². The molecule has 0 fully saturated rings. The maximum absolute atomic E-state index is 13.1. The van der Waals surface area contributed by atoms with Crippen LogP contribution in [0.5, 0.6) is 0 Å². The molecule has 0 saturated heterocycles. The number of carbonyl (C=O) groups excluding carboxylic acids is 1. The third kappa shape index (κ3) is 2.52. The normalized spacial score (nSPS) is 12.6. The molecule has 1 unspecified atom stereocenters. The lowest BCUT2D eigenvalue weighted by Crippen LogP contribution is -2.13. The molecule has 1 N–H and O–H groups in total. The summed E-state index contributed by atoms with van der Waals surface area (Å²) in [5, 5.41) is 9.31. The average Bonchev–Trinajstić information content (AvgIpc) is 2.26. The Balaban J connectivity index is 3.01. The number of methoxy groups -OCH3 is 1. The van der Waals surface area contributed by atoms with Gasteiger partial charge in [-0.2, -0.15) is 0 Å². The predicted molar refractivity (Wildman–Crippen MR) is 48.3 cm³/mol. The summed E-state index contributed by atoms with van der Waals surface area (Å²) < 4.78 is 41.7. The van der Waals surface area contributed by atoms with Gasteiger partial charge in [-0.05, 0) is 11.6 Å². The van der Waals surface area contributed by atoms with Crippen LogP contribution in [-0.2, 0) is 9.53 Å². The zero-order valence-corrected chi connectivity index (χ0v) is 8.28. The number of ether oxygens (including phenoxy) is 1. The first kappa shape index (κ1) is 12.5. The van der Waals surface area contributed by atoms with Crippen molar-refractivity contribution in [2.45, 2.75) is 12.5 Å². The number of alkyl halides is 2. The van der Waals surface area contributed by atoms with E-state index < -0.39 is 29.9 Å². The van der Waals surface area contributed by atoms with Gasteiger partial charge in [-0.25, -0.2) is 18.0 Å². The number of hydrogen-bond donors (Lipinski definition) is 1. The van der Waals surface area contributed by atoms with E-state index >= 15 is 0 Å². The van der Waals surface area contributed by atoms with Gasteiger partial charge in [-0.1, -0.05) is 12.1 Å². The van der Waals surface area contributed by atoms with Gasteiger partial charge in [0.15, 0.2) is 6.10 Å². The minimum atomic E-state index is -2.94. The summed E-state index contributed by atoms with van der Waals surface area (Å²) in [6.07, 6.45) is -4.62. The molecule has 3 nitrogen and oxygen atoms in total. The van der Waals surface area contributed by atoms with Crippen LogP contribution in [0.3, 0.4) is 0 Å². The number of aliphatic hydroxyl groups excluding tert-OH is 1. The number of hydrogen-bond acceptors (Lipinski definition) is 3. The molecule has 0 heterocycles. The van der Waals surface area contributed by atoms with Gasteiger partial charge in [0.1, 0.15) is 5.82 Å². The second kappa shape index (κ2) is 4.98. The van der Waals surface area contributed by atoms with Crippen LogP contribution in [0.25, 0.3) is 0 Å². The van der Waals surface area contributed by atoms with E-state index in [2.05, 4.69) is 4.74 Å². The molecule has 0 aliphatic carbocycles. The van der Waals surface area contributed by atoms with Gasteiger partial charge in [-0.3, -0.25) is 0 Å². The van der Waals surface area contributed by atoms with Gasteiger partial charge in [0.25, 0.3) is 6.43 Å². The monoisotopic (exact) mass is 234 g/mol. The predicted octanol–water partition coefficient (Wildman–Crippen LogP) is 1.97. The summed E-state index contributed by atoms with van der Waals surface area (Å²) in [6, 6.07) is 2.55. The molecule has 6 heteroatoms. The van der Waals surface area contributed by atoms with Crippen molar-refractivity contribution in [1.29, 1.82) is 0 Å². The molecular weight excluding hydrogens is 225 g/mol. The number of benzene rings is 1. The Morgan fingerprint density at radius 3 is 2.50 bits per heavy atom. The zero-order valence-electron chi connectivity index (χ0n) is 8.28. The fourth-order valence-electron chi connectivity index (χ4n) is 1.14. The Hall–Kier alpha value is -1.56. The van der Waals surface area contributed by atoms with E-state index in [9.17, 15) is 23.1 Å². The molecule has 1 atom stereocenters. The summed E-state index contributed by atoms with van der Waals surface area (Å²) in [6.45, 7) is 0. The van der Waals surface area contributed by atoms with E-state index in [-0.39, 0.29) is 5.56 Å². The van der Waals surface area contributed by atoms with Crippen molar-refractivity contribution >= 4 is 5.97 Å². The molecule has 0 amide bonds. The van der Waals surface area contributed by atoms with Crippen LogP contribution in [0.15, 0.2) is 18.2 Å². The Morgan fingerprint density at radius 1 is 1.44 bits per heavy atom. The molecule has 0 aliphatic heterocycles. The molecule has 0 aromatic heterocycles. The molecule has 16 heavy (non-hydrogen) atoms. The molecule has 0 bridgehead atoms. The van der Waals surface area contributed by atoms with E-state index in [0.717, 1.165) is 19.2 Å². The van der Waals surface area contributed by atoms with Gasteiger partial charge in [0.05, 0.1) is 12.7 Å². The first-order valence-corrected chi connectivity index (χ1v) is 4.30. The molecule has 0 spiro atoms. The minimum absolute atomic E-state index is 0.131. The summed E-state index contributed by atoms with van der Waals surface area (Å²) in [7, 11) is 1.05. The van der Waals surface area contributed by atoms with Crippen LogP contribution in [0, 0.1) is 5.82 Å². The Labute approximate surface area is 89.5 Å². The van der Waals surface area contributed by atoms with Gasteiger partial charge >= 0.3 is 5.97 Å². The van der Waals surface area contributed by atoms with E-state index in [1.54, 1.807) is 0 Å². The third-order valence-corrected chi connectivity index (χ3v) is 2.00. The van der Waals surface area contributed by atoms with Crippen LogP contribution in [-0.4, -0.2) is 18.2 Å². The number of rotatable bonds is 3. The molecule has 88 valence electrons. The quantitative estimate of drug-likeness (QED) is 0.813. The highest BCUT2D eigenvalue weighted by Gasteiger charge is 2.21. The summed E-state index contributed by atoms with van der Waals surface area (Å²) in [5.41, 5.74) is -0.908. The lowest BCUT2D eigenvalue weighted by molar-refractivity contribution is -0.150. The number of aliphatic hydroxyl groups is 1. The molecule has 0 radical (unpaired) electrons. The highest BCUT2D eigenvalue weighted by Crippen LogP contribution is 2.25. The van der Waals surface area contributed by atoms with Crippen molar-refractivity contribution in [3.63, 3.8) is 0 Å². The maximum atomic E-state index is 13.1. The first-order chi connectivity index (χ1) is 7.47. The molecule has 0 aliphatic rings. The second-order valence-corrected chi connectivity index (χ2v) is 3.01. The van der Waals surface area contributed by atoms with Crippen molar-refractivity contribution in [3.8, 4) is 0 Å². The first-order valence-electron chi connectivity index (χ1n) is 4.30. The average molecular weight is 234 g/mol. The largest absolute Gasteiger partial charge is 0.467 e. The third-order valence-electron chi connectivity index (χ3n) is 2.00. The molecule has 1 aromatic carbocycles. The van der Waals surface area contributed by atoms with Crippen molar-refractivity contribution in [3.05, 3.63) is 35.1 Å². The van der Waals surface area contributed by atoms with Gasteiger partial charge < -0.3 is 9.84 Å². The topological polar surface area (TPSA) is 46.5 Å². The Kier molecular flexibility index (Phi) is 3.89. The van der Waals surface area contributed by atoms with Gasteiger partial charge in [0.2, 0.25) is 0 Å². The molecule has 0 saturated carbocycles. The smallest absolute Gasteiger partial charge is 0.339 e. The van der Waals surface area contributed by atoms with Crippen LogP contribution in [0.4, 0.5) is 13.2 Å². The van der Waals surface area contributed by atoms with Crippen molar-refractivity contribution < 1.29 is 27.8 Å². The summed E-state index contributed by atoms with van der Waals surface area (Å²) >= 11 is 0.